The van der Waals surface area contributed by atoms with Gasteiger partial charge in [-0.2, -0.15) is 0 Å². The Balaban J connectivity index is 1.99. The summed E-state index contributed by atoms with van der Waals surface area (Å²) in [6, 6.07) is 5.71. The number of hydrogen-bond donors (Lipinski definition) is 2. The van der Waals surface area contributed by atoms with Crippen LogP contribution < -0.4 is 4.72 Å². The zero-order valence-corrected chi connectivity index (χ0v) is 11.6. The van der Waals surface area contributed by atoms with Crippen LogP contribution in [0.15, 0.2) is 41.0 Å². The Kier molecular flexibility index (Phi) is 4.71. The quantitative estimate of drug-likeness (QED) is 0.850. The molecule has 0 aliphatic heterocycles. The highest BCUT2D eigenvalue weighted by Crippen LogP contribution is 2.14. The molecule has 0 bridgehead atoms. The molecule has 0 fully saturated rings. The van der Waals surface area contributed by atoms with Crippen molar-refractivity contribution in [2.24, 2.45) is 0 Å². The minimum absolute atomic E-state index is 0.156. The number of sulfonamides is 1. The summed E-state index contributed by atoms with van der Waals surface area (Å²) in [5.74, 6) is -2.16. The Morgan fingerprint density at radius 2 is 2.05 bits per heavy atom. The van der Waals surface area contributed by atoms with E-state index in [0.29, 0.717) is 6.07 Å². The molecule has 2 rings (SSSR count). The maximum atomic E-state index is 13.4. The summed E-state index contributed by atoms with van der Waals surface area (Å²) in [4.78, 5) is 0. The van der Waals surface area contributed by atoms with Crippen molar-refractivity contribution < 1.29 is 26.7 Å². The molecule has 5 nitrogen and oxygen atoms in total. The predicted octanol–water partition coefficient (Wildman–Crippen LogP) is 1.71. The lowest BCUT2D eigenvalue weighted by atomic mass is 10.2. The lowest BCUT2D eigenvalue weighted by Crippen LogP contribution is -2.29. The van der Waals surface area contributed by atoms with Crippen LogP contribution >= 0.6 is 0 Å². The summed E-state index contributed by atoms with van der Waals surface area (Å²) in [6.07, 6.45) is 0.203. The number of hydrogen-bond acceptors (Lipinski definition) is 4. The second-order valence-electron chi connectivity index (χ2n) is 4.37. The van der Waals surface area contributed by atoms with Crippen LogP contribution in [0, 0.1) is 11.6 Å². The SMILES string of the molecule is O=S(=O)(Cc1ccc(F)cc1F)NCC(O)c1ccco1. The van der Waals surface area contributed by atoms with Gasteiger partial charge in [-0.05, 0) is 18.2 Å². The number of aliphatic hydroxyl groups excluding tert-OH is 1. The molecule has 1 unspecified atom stereocenters. The van der Waals surface area contributed by atoms with E-state index in [1.807, 2.05) is 0 Å². The van der Waals surface area contributed by atoms with E-state index in [2.05, 4.69) is 4.72 Å². The molecule has 0 aliphatic rings. The minimum Gasteiger partial charge on any atom is -0.467 e. The largest absolute Gasteiger partial charge is 0.467 e. The third-order valence-corrected chi connectivity index (χ3v) is 4.03. The Morgan fingerprint density at radius 1 is 1.29 bits per heavy atom. The Labute approximate surface area is 120 Å². The van der Waals surface area contributed by atoms with Crippen LogP contribution in [0.4, 0.5) is 8.78 Å². The van der Waals surface area contributed by atoms with Crippen molar-refractivity contribution in [2.45, 2.75) is 11.9 Å². The summed E-state index contributed by atoms with van der Waals surface area (Å²) in [5, 5.41) is 9.69. The van der Waals surface area contributed by atoms with Crippen molar-refractivity contribution in [3.05, 3.63) is 59.6 Å². The molecule has 0 saturated heterocycles. The molecule has 2 N–H and O–H groups in total. The average molecular weight is 317 g/mol. The predicted molar refractivity (Wildman–Crippen MR) is 70.7 cm³/mol. The van der Waals surface area contributed by atoms with Crippen molar-refractivity contribution in [1.82, 2.24) is 4.72 Å². The standard InChI is InChI=1S/C13H13F2NO4S/c14-10-4-3-9(11(15)6-10)8-21(18,19)16-7-12(17)13-2-1-5-20-13/h1-6,12,16-17H,7-8H2. The molecule has 21 heavy (non-hydrogen) atoms. The summed E-state index contributed by atoms with van der Waals surface area (Å²) in [5.41, 5.74) is -0.156. The number of halogens is 2. The topological polar surface area (TPSA) is 79.5 Å². The van der Waals surface area contributed by atoms with Crippen LogP contribution in [0.5, 0.6) is 0 Å². The van der Waals surface area contributed by atoms with Gasteiger partial charge in [-0.15, -0.1) is 0 Å². The Morgan fingerprint density at radius 3 is 2.67 bits per heavy atom. The van der Waals surface area contributed by atoms with Gasteiger partial charge in [0.2, 0.25) is 10.0 Å². The van der Waals surface area contributed by atoms with Crippen LogP contribution in [-0.4, -0.2) is 20.1 Å². The van der Waals surface area contributed by atoms with Crippen molar-refractivity contribution in [2.75, 3.05) is 6.54 Å². The van der Waals surface area contributed by atoms with Gasteiger partial charge in [0.1, 0.15) is 23.5 Å². The lowest BCUT2D eigenvalue weighted by Gasteiger charge is -2.10. The van der Waals surface area contributed by atoms with Crippen LogP contribution in [0.3, 0.4) is 0 Å². The molecule has 2 aromatic rings. The molecule has 0 amide bonds. The van der Waals surface area contributed by atoms with Gasteiger partial charge in [0.25, 0.3) is 0 Å². The van der Waals surface area contributed by atoms with Gasteiger partial charge in [0.15, 0.2) is 0 Å². The van der Waals surface area contributed by atoms with E-state index in [1.54, 1.807) is 6.07 Å². The van der Waals surface area contributed by atoms with Gasteiger partial charge in [-0.1, -0.05) is 6.07 Å². The van der Waals surface area contributed by atoms with Crippen LogP contribution in [0.1, 0.15) is 17.4 Å². The molecule has 1 atom stereocenters. The van der Waals surface area contributed by atoms with Gasteiger partial charge in [-0.3, -0.25) is 0 Å². The van der Waals surface area contributed by atoms with Crippen molar-refractivity contribution in [3.63, 3.8) is 0 Å². The van der Waals surface area contributed by atoms with E-state index < -0.39 is 33.5 Å². The zero-order valence-electron chi connectivity index (χ0n) is 10.8. The second-order valence-corrected chi connectivity index (χ2v) is 6.18. The first-order chi connectivity index (χ1) is 9.87. The molecular formula is C13H13F2NO4S. The minimum atomic E-state index is -3.87. The van der Waals surface area contributed by atoms with E-state index in [-0.39, 0.29) is 17.9 Å². The maximum Gasteiger partial charge on any atom is 0.215 e. The van der Waals surface area contributed by atoms with Gasteiger partial charge in [0, 0.05) is 18.2 Å². The molecule has 114 valence electrons. The van der Waals surface area contributed by atoms with E-state index in [9.17, 15) is 22.3 Å². The first kappa shape index (κ1) is 15.6. The zero-order chi connectivity index (χ0) is 15.5. The van der Waals surface area contributed by atoms with Gasteiger partial charge >= 0.3 is 0 Å². The fourth-order valence-corrected chi connectivity index (χ4v) is 2.84. The number of rotatable bonds is 6. The summed E-state index contributed by atoms with van der Waals surface area (Å²) in [7, 11) is -3.87. The van der Waals surface area contributed by atoms with Gasteiger partial charge in [0.05, 0.1) is 12.0 Å². The molecule has 1 aromatic carbocycles. The first-order valence-corrected chi connectivity index (χ1v) is 7.65. The molecule has 0 spiro atoms. The lowest BCUT2D eigenvalue weighted by molar-refractivity contribution is 0.154. The molecule has 0 aliphatic carbocycles. The number of benzene rings is 1. The van der Waals surface area contributed by atoms with E-state index >= 15 is 0 Å². The molecule has 0 radical (unpaired) electrons. The highest BCUT2D eigenvalue weighted by atomic mass is 32.2. The molecule has 1 aromatic heterocycles. The van der Waals surface area contributed by atoms with E-state index in [0.717, 1.165) is 12.1 Å². The number of aliphatic hydroxyl groups is 1. The smallest absolute Gasteiger partial charge is 0.215 e. The highest BCUT2D eigenvalue weighted by Gasteiger charge is 2.18. The van der Waals surface area contributed by atoms with Crippen molar-refractivity contribution >= 4 is 10.0 Å². The first-order valence-electron chi connectivity index (χ1n) is 6.00. The summed E-state index contributed by atoms with van der Waals surface area (Å²) in [6.45, 7) is -0.307. The van der Waals surface area contributed by atoms with E-state index in [4.69, 9.17) is 4.42 Å². The molecule has 8 heteroatoms. The van der Waals surface area contributed by atoms with Crippen LogP contribution in [-0.2, 0) is 15.8 Å². The Bertz CT molecular complexity index is 701. The Hall–Kier alpha value is -1.77. The summed E-state index contributed by atoms with van der Waals surface area (Å²) < 4.78 is 56.8. The van der Waals surface area contributed by atoms with Crippen molar-refractivity contribution in [3.8, 4) is 0 Å². The second kappa shape index (κ2) is 6.33. The van der Waals surface area contributed by atoms with Crippen LogP contribution in [0.2, 0.25) is 0 Å². The average Bonchev–Trinajstić information content (AvgIpc) is 2.93. The molecule has 1 heterocycles. The third-order valence-electron chi connectivity index (χ3n) is 2.73. The normalized spacial score (nSPS) is 13.3. The third kappa shape index (κ3) is 4.35. The van der Waals surface area contributed by atoms with Gasteiger partial charge in [-0.25, -0.2) is 21.9 Å². The summed E-state index contributed by atoms with van der Waals surface area (Å²) >= 11 is 0. The van der Waals surface area contributed by atoms with Crippen molar-refractivity contribution in [1.29, 1.82) is 0 Å². The maximum absolute atomic E-state index is 13.4. The van der Waals surface area contributed by atoms with E-state index in [1.165, 1.54) is 12.3 Å². The fourth-order valence-electron chi connectivity index (χ4n) is 1.68. The fraction of sp³-hybridized carbons (Fsp3) is 0.231. The number of furan rings is 1. The monoisotopic (exact) mass is 317 g/mol. The number of nitrogens with one attached hydrogen (secondary N) is 1. The highest BCUT2D eigenvalue weighted by molar-refractivity contribution is 7.88. The molecule has 0 saturated carbocycles. The molecular weight excluding hydrogens is 304 g/mol. The van der Waals surface area contributed by atoms with Crippen LogP contribution in [0.25, 0.3) is 0 Å². The van der Waals surface area contributed by atoms with Gasteiger partial charge < -0.3 is 9.52 Å².